The molecule has 0 unspecified atom stereocenters. The second kappa shape index (κ2) is 44.2. The summed E-state index contributed by atoms with van der Waals surface area (Å²) < 4.78 is 12.0. The minimum Gasteiger partial charge on any atom is -0.201 e. The van der Waals surface area contributed by atoms with Gasteiger partial charge in [0, 0.05) is 84.1 Å². The summed E-state index contributed by atoms with van der Waals surface area (Å²) >= 11 is 0. The summed E-state index contributed by atoms with van der Waals surface area (Å²) in [5.41, 5.74) is 36.5. The molecule has 5 aliphatic rings. The van der Waals surface area contributed by atoms with E-state index < -0.39 is 40.4 Å². The van der Waals surface area contributed by atoms with Crippen molar-refractivity contribution in [2.24, 2.45) is 41.2 Å². The Labute approximate surface area is 812 Å². The first-order valence-corrected chi connectivity index (χ1v) is 70.1. The van der Waals surface area contributed by atoms with Crippen LogP contribution < -0.4 is 48.8 Å². The van der Waals surface area contributed by atoms with Gasteiger partial charge in [0.1, 0.15) is 35.2 Å². The predicted octanol–water partition coefficient (Wildman–Crippen LogP) is 29.3. The number of rotatable bonds is 21. The maximum atomic E-state index is 2.57. The molecule has 0 N–H and O–H groups in total. The van der Waals surface area contributed by atoms with Crippen LogP contribution in [0.15, 0.2) is 152 Å². The molecule has 5 aromatic carbocycles. The van der Waals surface area contributed by atoms with Gasteiger partial charge in [-0.2, -0.15) is 0 Å². The maximum absolute atomic E-state index is 2.57. The molecule has 5 aliphatic carbocycles. The highest BCUT2D eigenvalue weighted by atomic mass is 28.3. The van der Waals surface area contributed by atoms with Crippen LogP contribution in [0.3, 0.4) is 0 Å². The van der Waals surface area contributed by atoms with Crippen LogP contribution in [-0.2, 0) is 47.1 Å². The summed E-state index contributed by atoms with van der Waals surface area (Å²) in [6, 6.07) is 47.9. The van der Waals surface area contributed by atoms with Crippen LogP contribution in [-0.4, -0.2) is 40.4 Å². The molecule has 0 spiro atoms. The Bertz CT molecular complexity index is 5610. The summed E-state index contributed by atoms with van der Waals surface area (Å²) in [6.45, 7) is 71.6. The summed E-state index contributed by atoms with van der Waals surface area (Å²) in [5, 5.41) is 8.31. The molecule has 5 heterocycles. The van der Waals surface area contributed by atoms with Gasteiger partial charge >= 0.3 is 0 Å². The first-order chi connectivity index (χ1) is 61.9. The summed E-state index contributed by atoms with van der Waals surface area (Å²) in [6.07, 6.45) is 43.6. The Hall–Kier alpha value is -7.07. The molecule has 5 nitrogen and oxygen atoms in total. The third-order valence-corrected chi connectivity index (χ3v) is 41.2. The second-order valence-corrected chi connectivity index (χ2v) is 74.2. The van der Waals surface area contributed by atoms with Gasteiger partial charge in [-0.15, -0.1) is 0 Å². The van der Waals surface area contributed by atoms with Gasteiger partial charge < -0.3 is 0 Å². The Morgan fingerprint density at radius 3 is 0.803 bits per heavy atom. The van der Waals surface area contributed by atoms with Gasteiger partial charge in [0.25, 0.3) is 0 Å². The lowest BCUT2D eigenvalue weighted by atomic mass is 9.84. The maximum Gasteiger partial charge on any atom is 0.212 e. The Kier molecular flexibility index (Phi) is 35.3. The predicted molar refractivity (Wildman–Crippen MR) is 589 cm³/mol. The van der Waals surface area contributed by atoms with Gasteiger partial charge in [-0.25, -0.2) is 22.8 Å². The molecule has 132 heavy (non-hydrogen) atoms. The SMILES string of the molecule is CCC(CC)c1ccc(C)c(-c2cc(C3CCCC3)c([Si](C)(C)C)c[n+]2C)c1.Cc1ccc(C(C)(C)C)cc1-c1cc(C2CCCC2)c([Si](C)(C)C)c[n+]1C.Cc1ccc(C(C)C)cc1-c1cc(C2CCCC2)c([Si](C)(C)C)c[n+]1C.Cc1ccc(C)c(-c2cc(C3CCCC3)c([Si](C)(C)C)c[n+]2C)c1.Cc1ccc(CC(C)C)cc1-c1cc(C2CCCC2)c([Si](C)(C)C)c[n+]1C. The molecule has 5 fully saturated rings. The normalized spacial score (nSPS) is 15.8. The van der Waals surface area contributed by atoms with Gasteiger partial charge in [-0.05, 0) is 286 Å². The monoisotopic (exact) mass is 1860 g/mol. The number of benzene rings is 5. The number of hydrogen-bond donors (Lipinski definition) is 0. The van der Waals surface area contributed by atoms with Crippen molar-refractivity contribution in [3.8, 4) is 56.3 Å². The second-order valence-electron chi connectivity index (χ2n) is 49.0. The number of aryl methyl sites for hydroxylation is 11. The van der Waals surface area contributed by atoms with E-state index in [2.05, 4.69) is 412 Å². The van der Waals surface area contributed by atoms with Crippen molar-refractivity contribution in [2.75, 3.05) is 0 Å². The number of hydrogen-bond acceptors (Lipinski definition) is 0. The minimum absolute atomic E-state index is 0.174. The van der Waals surface area contributed by atoms with Crippen LogP contribution in [0.25, 0.3) is 56.3 Å². The molecule has 5 saturated carbocycles. The van der Waals surface area contributed by atoms with Crippen molar-refractivity contribution >= 4 is 66.3 Å². The summed E-state index contributed by atoms with van der Waals surface area (Å²) in [5.74, 6) is 5.77. The topological polar surface area (TPSA) is 19.4 Å². The molecule has 0 saturated heterocycles. The molecular formula is C122H184N5Si5+5. The van der Waals surface area contributed by atoms with E-state index in [4.69, 9.17) is 0 Å². The zero-order valence-electron chi connectivity index (χ0n) is 90.6. The van der Waals surface area contributed by atoms with Crippen molar-refractivity contribution < 1.29 is 22.8 Å². The highest BCUT2D eigenvalue weighted by molar-refractivity contribution is 6.90. The molecule has 712 valence electrons. The lowest BCUT2D eigenvalue weighted by Crippen LogP contribution is -2.47. The first kappa shape index (κ1) is 105. The van der Waals surface area contributed by atoms with Crippen LogP contribution in [0.5, 0.6) is 0 Å². The molecule has 10 heteroatoms. The zero-order valence-corrected chi connectivity index (χ0v) is 95.6. The highest BCUT2D eigenvalue weighted by Gasteiger charge is 2.39. The molecule has 5 aromatic heterocycles. The average molecular weight is 1860 g/mol. The van der Waals surface area contributed by atoms with Gasteiger partial charge in [0.15, 0.2) is 31.0 Å². The summed E-state index contributed by atoms with van der Waals surface area (Å²) in [4.78, 5) is 0. The fraction of sp³-hybridized carbons (Fsp3) is 0.549. The molecule has 10 aromatic rings. The van der Waals surface area contributed by atoms with Crippen molar-refractivity contribution in [1.29, 1.82) is 0 Å². The molecule has 0 amide bonds. The Balaban J connectivity index is 0.000000159. The molecule has 0 radical (unpaired) electrons. The molecule has 0 bridgehead atoms. The van der Waals surface area contributed by atoms with Gasteiger partial charge in [-0.1, -0.05) is 291 Å². The molecule has 0 aliphatic heterocycles. The zero-order chi connectivity index (χ0) is 96.8. The number of aromatic nitrogens is 5. The van der Waals surface area contributed by atoms with E-state index >= 15 is 0 Å². The summed E-state index contributed by atoms with van der Waals surface area (Å²) in [7, 11) is 4.36. The Morgan fingerprint density at radius 1 is 0.295 bits per heavy atom. The van der Waals surface area contributed by atoms with Crippen molar-refractivity contribution in [3.05, 3.63) is 236 Å². The van der Waals surface area contributed by atoms with Crippen LogP contribution in [0.4, 0.5) is 0 Å². The first-order valence-electron chi connectivity index (χ1n) is 52.6. The van der Waals surface area contributed by atoms with Crippen LogP contribution in [0, 0.1) is 47.5 Å². The molecule has 15 rings (SSSR count). The van der Waals surface area contributed by atoms with Crippen LogP contribution in [0.2, 0.25) is 98.2 Å². The van der Waals surface area contributed by atoms with Gasteiger partial charge in [0.2, 0.25) is 28.5 Å². The van der Waals surface area contributed by atoms with E-state index in [0.29, 0.717) is 17.8 Å². The Morgan fingerprint density at radius 2 is 0.538 bits per heavy atom. The van der Waals surface area contributed by atoms with Crippen LogP contribution in [0.1, 0.15) is 328 Å². The average Bonchev–Trinajstić information content (AvgIpc) is 1.17. The molecule has 0 atom stereocenters. The quantitative estimate of drug-likeness (QED) is 0.0505. The smallest absolute Gasteiger partial charge is 0.201 e. The standard InChI is InChI=1S/C26H40NSi.2C25H38NSi.C24H36NSi.C22H32NSi/c1-8-20(9-2)22-15-14-19(3)23(16-22)25-17-24(21-12-10-11-13-21)26(18-27(25)4)28(5,6)7;1-18-13-14-20(25(2,3)4)15-21(18)23-16-22(19-11-9-10-12-19)24(17-26(23)5)27(6,7)8;1-18(2)14-20-13-12-19(3)22(15-20)24-16-23(21-10-8-9-11-21)25(17-26(24)4)27(5,6)7;1-17(2)20-13-12-18(3)21(14-20)23-15-22(19-10-8-9-11-19)24(16-25(23)4)26(5,6)7;1-16-11-12-17(2)19(13-16)21-14-20(18-9-7-8-10-18)22(15-23(21)3)24(4,5)6/h14-18,20-21H,8-13H2,1-7H3;13-17,19H,9-12H2,1-8H3;12-13,15-18,21H,8-11,14H2,1-7H3;12-17,19H,8-11H2,1-7H3;11-15,18H,7-10H2,1-6H3/q5*+1. The van der Waals surface area contributed by atoms with E-state index in [1.807, 2.05) is 0 Å². The van der Waals surface area contributed by atoms with E-state index in [-0.39, 0.29) is 5.41 Å². The number of pyridine rings is 5. The van der Waals surface area contributed by atoms with E-state index in [0.717, 1.165) is 36.0 Å². The molecular weight excluding hydrogens is 1680 g/mol. The highest BCUT2D eigenvalue weighted by Crippen LogP contribution is 2.43. The van der Waals surface area contributed by atoms with E-state index in [1.54, 1.807) is 53.8 Å². The fourth-order valence-electron chi connectivity index (χ4n) is 22.8. The van der Waals surface area contributed by atoms with Gasteiger partial charge in [0.05, 0.1) is 40.4 Å². The largest absolute Gasteiger partial charge is 0.212 e. The van der Waals surface area contributed by atoms with Crippen LogP contribution >= 0.6 is 0 Å². The van der Waals surface area contributed by atoms with E-state index in [9.17, 15) is 0 Å². The van der Waals surface area contributed by atoms with Crippen molar-refractivity contribution in [3.63, 3.8) is 0 Å². The van der Waals surface area contributed by atoms with Crippen molar-refractivity contribution in [2.45, 2.75) is 397 Å². The van der Waals surface area contributed by atoms with Gasteiger partial charge in [-0.3, -0.25) is 0 Å². The minimum atomic E-state index is -1.38. The van der Waals surface area contributed by atoms with Crippen molar-refractivity contribution in [1.82, 2.24) is 0 Å². The fourth-order valence-corrected chi connectivity index (χ4v) is 31.4. The van der Waals surface area contributed by atoms with E-state index in [1.165, 1.54) is 253 Å². The lowest BCUT2D eigenvalue weighted by molar-refractivity contribution is -0.659. The third-order valence-electron chi connectivity index (χ3n) is 31.0. The number of nitrogens with zero attached hydrogens (tertiary/aromatic N) is 5. The third kappa shape index (κ3) is 26.0. The lowest BCUT2D eigenvalue weighted by Gasteiger charge is -2.24.